The molecular formula is C23H20BrN2O5. The Labute approximate surface area is 187 Å². The lowest BCUT2D eigenvalue weighted by Crippen LogP contribution is -1.91. The van der Waals surface area contributed by atoms with Crippen molar-refractivity contribution in [1.29, 1.82) is 0 Å². The van der Waals surface area contributed by atoms with Crippen molar-refractivity contribution in [2.24, 2.45) is 0 Å². The summed E-state index contributed by atoms with van der Waals surface area (Å²) < 4.78 is 23.2. The summed E-state index contributed by atoms with van der Waals surface area (Å²) in [6.45, 7) is 1.53. The molecule has 2 aromatic heterocycles. The summed E-state index contributed by atoms with van der Waals surface area (Å²) in [5.74, 6) is 3.43. The third-order valence-corrected chi connectivity index (χ3v) is 5.66. The van der Waals surface area contributed by atoms with Crippen LogP contribution in [0.15, 0.2) is 55.8 Å². The molecule has 0 spiro atoms. The van der Waals surface area contributed by atoms with Gasteiger partial charge >= 0.3 is 0 Å². The Hall–Kier alpha value is -3.10. The van der Waals surface area contributed by atoms with E-state index in [2.05, 4.69) is 26.1 Å². The number of benzene rings is 2. The lowest BCUT2D eigenvalue weighted by molar-refractivity contribution is 0.178. The Morgan fingerprint density at radius 2 is 1.61 bits per heavy atom. The van der Waals surface area contributed by atoms with Crippen LogP contribution >= 0.6 is 15.9 Å². The predicted octanol–water partition coefficient (Wildman–Crippen LogP) is 5.94. The molecule has 8 heteroatoms. The van der Waals surface area contributed by atoms with Gasteiger partial charge in [0.25, 0.3) is 0 Å². The van der Waals surface area contributed by atoms with Crippen LogP contribution in [-0.2, 0) is 18.1 Å². The van der Waals surface area contributed by atoms with E-state index in [0.29, 0.717) is 52.3 Å². The zero-order chi connectivity index (χ0) is 22.0. The first-order valence-electron chi connectivity index (χ1n) is 9.63. The number of aromatic nitrogens is 2. The molecule has 1 radical (unpaired) electrons. The van der Waals surface area contributed by atoms with Crippen LogP contribution in [0.25, 0.3) is 34.1 Å². The summed E-state index contributed by atoms with van der Waals surface area (Å²) in [6, 6.07) is 12.8. The molecule has 0 saturated carbocycles. The fourth-order valence-electron chi connectivity index (χ4n) is 3.25. The van der Waals surface area contributed by atoms with E-state index in [9.17, 15) is 5.11 Å². The number of methoxy groups -OCH3 is 2. The average Bonchev–Trinajstić information content (AvgIpc) is 3.49. The third-order valence-electron chi connectivity index (χ3n) is 4.88. The molecule has 7 nitrogen and oxygen atoms in total. The van der Waals surface area contributed by atoms with E-state index < -0.39 is 6.61 Å². The molecule has 0 amide bonds. The highest BCUT2D eigenvalue weighted by Crippen LogP contribution is 2.40. The van der Waals surface area contributed by atoms with Gasteiger partial charge in [-0.25, -0.2) is 5.11 Å². The molecule has 0 aliphatic rings. The van der Waals surface area contributed by atoms with Crippen molar-refractivity contribution in [3.63, 3.8) is 0 Å². The molecular weight excluding hydrogens is 464 g/mol. The Morgan fingerprint density at radius 3 is 2.23 bits per heavy atom. The standard InChI is InChI=1S/C23H20BrN2O5/c1-4-21-25-26-23(31-21)13-5-6-16(15(9-13)12-27)18-8-7-17(30-18)14-10-19(28-2)22(24)20(11-14)29-3/h5-11H,4,12H2,1-3H3. The lowest BCUT2D eigenvalue weighted by atomic mass is 10.0. The molecule has 31 heavy (non-hydrogen) atoms. The molecule has 0 N–H and O–H groups in total. The monoisotopic (exact) mass is 483 g/mol. The first-order chi connectivity index (χ1) is 15.1. The Bertz CT molecular complexity index is 1190. The maximum absolute atomic E-state index is 11.9. The van der Waals surface area contributed by atoms with Crippen molar-refractivity contribution in [3.05, 3.63) is 58.4 Å². The lowest BCUT2D eigenvalue weighted by Gasteiger charge is -2.10. The molecule has 0 fully saturated rings. The second-order valence-corrected chi connectivity index (χ2v) is 7.52. The fraction of sp³-hybridized carbons (Fsp3) is 0.217. The minimum absolute atomic E-state index is 0.396. The minimum Gasteiger partial charge on any atom is -0.495 e. The van der Waals surface area contributed by atoms with Crippen LogP contribution in [0.2, 0.25) is 0 Å². The van der Waals surface area contributed by atoms with Crippen LogP contribution in [-0.4, -0.2) is 24.4 Å². The molecule has 0 unspecified atom stereocenters. The summed E-state index contributed by atoms with van der Waals surface area (Å²) in [4.78, 5) is 0. The van der Waals surface area contributed by atoms with Crippen LogP contribution in [0.5, 0.6) is 11.5 Å². The quantitative estimate of drug-likeness (QED) is 0.323. The van der Waals surface area contributed by atoms with Gasteiger partial charge in [-0.2, -0.15) is 0 Å². The first-order valence-corrected chi connectivity index (χ1v) is 10.4. The van der Waals surface area contributed by atoms with Crippen molar-refractivity contribution in [1.82, 2.24) is 10.2 Å². The largest absolute Gasteiger partial charge is 0.495 e. The number of rotatable bonds is 7. The van der Waals surface area contributed by atoms with Crippen molar-refractivity contribution in [2.45, 2.75) is 20.0 Å². The van der Waals surface area contributed by atoms with E-state index in [1.54, 1.807) is 20.3 Å². The second kappa shape index (κ2) is 8.95. The number of hydrogen-bond donors (Lipinski definition) is 0. The number of furan rings is 1. The predicted molar refractivity (Wildman–Crippen MR) is 117 cm³/mol. The molecule has 2 heterocycles. The maximum atomic E-state index is 11.9. The summed E-state index contributed by atoms with van der Waals surface area (Å²) in [7, 11) is 3.18. The number of aryl methyl sites for hydroxylation is 1. The van der Waals surface area contributed by atoms with E-state index in [4.69, 9.17) is 18.3 Å². The zero-order valence-electron chi connectivity index (χ0n) is 17.3. The Balaban J connectivity index is 1.71. The molecule has 0 aliphatic heterocycles. The normalized spacial score (nSPS) is 11.0. The Kier molecular flexibility index (Phi) is 6.11. The highest BCUT2D eigenvalue weighted by Gasteiger charge is 2.17. The second-order valence-electron chi connectivity index (χ2n) is 6.73. The number of nitrogens with zero attached hydrogens (tertiary/aromatic N) is 2. The van der Waals surface area contributed by atoms with Crippen molar-refractivity contribution in [3.8, 4) is 45.6 Å². The molecule has 0 aliphatic carbocycles. The molecule has 159 valence electrons. The molecule has 2 aromatic carbocycles. The van der Waals surface area contributed by atoms with Crippen LogP contribution in [0.3, 0.4) is 0 Å². The van der Waals surface area contributed by atoms with Crippen molar-refractivity contribution >= 4 is 15.9 Å². The summed E-state index contributed by atoms with van der Waals surface area (Å²) in [5, 5.41) is 19.9. The summed E-state index contributed by atoms with van der Waals surface area (Å²) in [5.41, 5.74) is 2.80. The van der Waals surface area contributed by atoms with Crippen molar-refractivity contribution in [2.75, 3.05) is 14.2 Å². The van der Waals surface area contributed by atoms with Gasteiger partial charge in [0.2, 0.25) is 11.8 Å². The highest BCUT2D eigenvalue weighted by atomic mass is 79.9. The van der Waals surface area contributed by atoms with Crippen LogP contribution < -0.4 is 9.47 Å². The van der Waals surface area contributed by atoms with Crippen molar-refractivity contribution < 1.29 is 23.4 Å². The topological polar surface area (TPSA) is 90.4 Å². The van der Waals surface area contributed by atoms with Gasteiger partial charge in [-0.1, -0.05) is 13.0 Å². The number of halogens is 1. The number of hydrogen-bond acceptors (Lipinski definition) is 6. The van der Waals surface area contributed by atoms with Crippen LogP contribution in [0, 0.1) is 0 Å². The van der Waals surface area contributed by atoms with E-state index in [1.807, 2.05) is 43.3 Å². The zero-order valence-corrected chi connectivity index (χ0v) is 18.9. The summed E-state index contributed by atoms with van der Waals surface area (Å²) >= 11 is 3.47. The number of ether oxygens (including phenoxy) is 2. The van der Waals surface area contributed by atoms with Crippen LogP contribution in [0.4, 0.5) is 0 Å². The van der Waals surface area contributed by atoms with E-state index in [1.165, 1.54) is 0 Å². The van der Waals surface area contributed by atoms with Gasteiger partial charge in [-0.15, -0.1) is 10.2 Å². The molecule has 4 aromatic rings. The van der Waals surface area contributed by atoms with Gasteiger partial charge in [0.15, 0.2) is 0 Å². The van der Waals surface area contributed by atoms with Gasteiger partial charge in [0.1, 0.15) is 34.1 Å². The molecule has 0 saturated heterocycles. The van der Waals surface area contributed by atoms with E-state index in [-0.39, 0.29) is 0 Å². The Morgan fingerprint density at radius 1 is 0.903 bits per heavy atom. The molecule has 0 atom stereocenters. The molecule has 0 bridgehead atoms. The molecule has 4 rings (SSSR count). The SMILES string of the molecule is CCc1nnc(-c2ccc(-c3ccc(-c4cc(OC)c(Br)c(OC)c4)o3)c(C[O])c2)o1. The maximum Gasteiger partial charge on any atom is 0.247 e. The highest BCUT2D eigenvalue weighted by molar-refractivity contribution is 9.10. The van der Waals surface area contributed by atoms with Gasteiger partial charge in [-0.3, -0.25) is 0 Å². The van der Waals surface area contributed by atoms with E-state index in [0.717, 1.165) is 15.6 Å². The van der Waals surface area contributed by atoms with Gasteiger partial charge in [0.05, 0.1) is 14.2 Å². The average molecular weight is 484 g/mol. The fourth-order valence-corrected chi connectivity index (χ4v) is 3.80. The third kappa shape index (κ3) is 4.08. The van der Waals surface area contributed by atoms with Gasteiger partial charge in [0, 0.05) is 23.1 Å². The smallest absolute Gasteiger partial charge is 0.247 e. The van der Waals surface area contributed by atoms with E-state index >= 15 is 0 Å². The van der Waals surface area contributed by atoms with Crippen LogP contribution in [0.1, 0.15) is 18.4 Å². The van der Waals surface area contributed by atoms with Gasteiger partial charge in [-0.05, 0) is 57.9 Å². The van der Waals surface area contributed by atoms with Gasteiger partial charge < -0.3 is 18.3 Å². The first kappa shape index (κ1) is 21.1. The minimum atomic E-state index is -0.409. The summed E-state index contributed by atoms with van der Waals surface area (Å²) in [6.07, 6.45) is 0.653.